The number of rotatable bonds is 7. The zero-order chi connectivity index (χ0) is 31.4. The number of carbonyl (C=O) groups is 1. The molecule has 2 fully saturated rings. The molecule has 3 aliphatic rings. The fourth-order valence-electron chi connectivity index (χ4n) is 7.39. The highest BCUT2D eigenvalue weighted by Crippen LogP contribution is 2.48. The molecule has 6 rings (SSSR count). The Bertz CT molecular complexity index is 1630. The number of benzene rings is 3. The third kappa shape index (κ3) is 5.50. The van der Waals surface area contributed by atoms with Crippen molar-refractivity contribution in [3.05, 3.63) is 87.9 Å². The zero-order valence-electron chi connectivity index (χ0n) is 25.6. The van der Waals surface area contributed by atoms with Crippen LogP contribution in [0.4, 0.5) is 5.69 Å². The van der Waals surface area contributed by atoms with E-state index in [4.69, 9.17) is 21.1 Å². The maximum Gasteiger partial charge on any atom is 0.232 e. The van der Waals surface area contributed by atoms with Gasteiger partial charge in [0.2, 0.25) is 5.91 Å². The van der Waals surface area contributed by atoms with Gasteiger partial charge in [0.25, 0.3) is 0 Å². The van der Waals surface area contributed by atoms with Gasteiger partial charge in [0, 0.05) is 10.7 Å². The number of halogens is 1. The smallest absolute Gasteiger partial charge is 0.232 e. The molecule has 2 bridgehead atoms. The lowest BCUT2D eigenvalue weighted by Crippen LogP contribution is -2.48. The van der Waals surface area contributed by atoms with E-state index >= 15 is 0 Å². The van der Waals surface area contributed by atoms with E-state index in [1.165, 1.54) is 0 Å². The van der Waals surface area contributed by atoms with Crippen LogP contribution in [0.2, 0.25) is 5.02 Å². The molecule has 1 N–H and O–H groups in total. The summed E-state index contributed by atoms with van der Waals surface area (Å²) in [5, 5.41) is 11.7. The molecular formula is C35H40ClNO6S. The second-order valence-electron chi connectivity index (χ2n) is 12.9. The third-order valence-electron chi connectivity index (χ3n) is 9.74. The van der Waals surface area contributed by atoms with Crippen molar-refractivity contribution >= 4 is 33.0 Å². The second kappa shape index (κ2) is 11.7. The number of carbonyl (C=O) groups excluding carboxylic acids is 1. The van der Waals surface area contributed by atoms with E-state index in [9.17, 15) is 18.3 Å². The van der Waals surface area contributed by atoms with Crippen molar-refractivity contribution in [2.75, 3.05) is 12.0 Å². The predicted octanol–water partition coefficient (Wildman–Crippen LogP) is 6.77. The van der Waals surface area contributed by atoms with Gasteiger partial charge in [-0.25, -0.2) is 8.42 Å². The van der Waals surface area contributed by atoms with Crippen LogP contribution in [0.5, 0.6) is 11.5 Å². The lowest BCUT2D eigenvalue weighted by Gasteiger charge is -2.44. The topological polar surface area (TPSA) is 93.1 Å². The molecule has 234 valence electrons. The molecule has 3 aliphatic heterocycles. The molecule has 0 aliphatic carbocycles. The van der Waals surface area contributed by atoms with Crippen LogP contribution in [0.1, 0.15) is 81.2 Å². The van der Waals surface area contributed by atoms with Crippen molar-refractivity contribution in [3.8, 4) is 11.5 Å². The van der Waals surface area contributed by atoms with Gasteiger partial charge in [-0.05, 0) is 111 Å². The largest absolute Gasteiger partial charge is 0.493 e. The van der Waals surface area contributed by atoms with Crippen molar-refractivity contribution in [2.24, 2.45) is 5.92 Å². The minimum Gasteiger partial charge on any atom is -0.493 e. The van der Waals surface area contributed by atoms with E-state index in [0.717, 1.165) is 23.1 Å². The Labute approximate surface area is 265 Å². The Balaban J connectivity index is 1.37. The van der Waals surface area contributed by atoms with Crippen LogP contribution in [0, 0.1) is 5.92 Å². The van der Waals surface area contributed by atoms with E-state index in [1.807, 2.05) is 74.5 Å². The highest BCUT2D eigenvalue weighted by molar-refractivity contribution is 7.92. The molecule has 3 aromatic rings. The van der Waals surface area contributed by atoms with Gasteiger partial charge in [-0.3, -0.25) is 4.79 Å². The molecule has 7 nitrogen and oxygen atoms in total. The zero-order valence-corrected chi connectivity index (χ0v) is 27.2. The molecule has 4 atom stereocenters. The van der Waals surface area contributed by atoms with Crippen molar-refractivity contribution in [1.82, 2.24) is 0 Å². The Kier molecular flexibility index (Phi) is 8.22. The van der Waals surface area contributed by atoms with Crippen molar-refractivity contribution in [2.45, 2.75) is 87.5 Å². The number of anilines is 1. The molecule has 0 aromatic heterocycles. The average molecular weight is 638 g/mol. The number of sulfone groups is 1. The van der Waals surface area contributed by atoms with Crippen LogP contribution in [0.15, 0.2) is 60.7 Å². The number of amides is 1. The quantitative estimate of drug-likeness (QED) is 0.307. The fraction of sp³-hybridized carbons (Fsp3) is 0.457. The minimum absolute atomic E-state index is 0.0677. The highest BCUT2D eigenvalue weighted by Gasteiger charge is 2.49. The first-order chi connectivity index (χ1) is 20.9. The first-order valence-electron chi connectivity index (χ1n) is 15.4. The summed E-state index contributed by atoms with van der Waals surface area (Å²) in [6.07, 6.45) is 3.33. The van der Waals surface area contributed by atoms with Gasteiger partial charge in [0.05, 0.1) is 41.8 Å². The van der Waals surface area contributed by atoms with Crippen molar-refractivity contribution < 1.29 is 27.8 Å². The molecule has 44 heavy (non-hydrogen) atoms. The number of nitrogens with zero attached hydrogens (tertiary/aromatic N) is 1. The van der Waals surface area contributed by atoms with E-state index in [2.05, 4.69) is 0 Å². The normalized spacial score (nSPS) is 25.7. The molecule has 4 unspecified atom stereocenters. The van der Waals surface area contributed by atoms with E-state index in [0.29, 0.717) is 53.5 Å². The van der Waals surface area contributed by atoms with Crippen LogP contribution >= 0.6 is 11.6 Å². The van der Waals surface area contributed by atoms with Gasteiger partial charge in [-0.1, -0.05) is 42.3 Å². The number of methoxy groups -OCH3 is 1. The lowest BCUT2D eigenvalue weighted by atomic mass is 9.75. The van der Waals surface area contributed by atoms with Gasteiger partial charge < -0.3 is 19.5 Å². The summed E-state index contributed by atoms with van der Waals surface area (Å²) >= 11 is 6.25. The summed E-state index contributed by atoms with van der Waals surface area (Å²) < 4.78 is 37.5. The minimum atomic E-state index is -3.12. The summed E-state index contributed by atoms with van der Waals surface area (Å²) in [4.78, 5) is 15.7. The van der Waals surface area contributed by atoms with E-state index in [-0.39, 0.29) is 34.8 Å². The molecule has 3 heterocycles. The number of hydrogen-bond acceptors (Lipinski definition) is 6. The molecule has 3 aromatic carbocycles. The second-order valence-corrected chi connectivity index (χ2v) is 15.8. The number of ether oxygens (including phenoxy) is 2. The molecule has 9 heteroatoms. The monoisotopic (exact) mass is 637 g/mol. The number of fused-ring (bicyclic) bond motifs is 3. The number of aliphatic hydroxyl groups is 1. The van der Waals surface area contributed by atoms with E-state index < -0.39 is 21.5 Å². The molecule has 2 saturated heterocycles. The number of hydrogen-bond donors (Lipinski definition) is 1. The Morgan fingerprint density at radius 1 is 0.977 bits per heavy atom. The van der Waals surface area contributed by atoms with Gasteiger partial charge in [0.15, 0.2) is 21.3 Å². The average Bonchev–Trinajstić information content (AvgIpc) is 2.96. The first-order valence-corrected chi connectivity index (χ1v) is 17.4. The SMILES string of the molecule is COc1cc2c(cc1OC(C)C)C(c1ccc(Cl)cc1)N(c1ccc(C(C)(O)C3CC4CCCC(C3)S4(=O)=O)cc1)C(=O)C2. The predicted molar refractivity (Wildman–Crippen MR) is 172 cm³/mol. The fourth-order valence-corrected chi connectivity index (χ4v) is 10.1. The Hall–Kier alpha value is -3.07. The van der Waals surface area contributed by atoms with Crippen LogP contribution in [0.3, 0.4) is 0 Å². The Morgan fingerprint density at radius 3 is 2.20 bits per heavy atom. The standard InChI is InChI=1S/C35H40ClNO6S/c1-21(2)43-32-20-30-23(16-31(32)42-4)17-33(38)37(34(30)22-8-12-26(36)13-9-22)27-14-10-24(11-15-27)35(3,39)25-18-28-6-5-7-29(19-25)44(28,40)41/h8-16,20-21,25,28-29,34,39H,5-7,17-19H2,1-4H3. The third-order valence-corrected chi connectivity index (χ3v) is 12.7. The van der Waals surface area contributed by atoms with Crippen molar-refractivity contribution in [1.29, 1.82) is 0 Å². The summed E-state index contributed by atoms with van der Waals surface area (Å²) in [7, 11) is -1.53. The summed E-state index contributed by atoms with van der Waals surface area (Å²) in [5.74, 6) is 0.966. The lowest BCUT2D eigenvalue weighted by molar-refractivity contribution is -0.118. The maximum atomic E-state index is 13.9. The first kappa shape index (κ1) is 30.9. The maximum absolute atomic E-state index is 13.9. The summed E-state index contributed by atoms with van der Waals surface area (Å²) in [5.41, 5.74) is 2.93. The van der Waals surface area contributed by atoms with Gasteiger partial charge >= 0.3 is 0 Å². The Morgan fingerprint density at radius 2 is 1.61 bits per heavy atom. The van der Waals surface area contributed by atoms with Crippen LogP contribution in [-0.4, -0.2) is 43.1 Å². The molecule has 0 radical (unpaired) electrons. The highest BCUT2D eigenvalue weighted by atomic mass is 35.5. The molecule has 0 spiro atoms. The summed E-state index contributed by atoms with van der Waals surface area (Å²) in [6, 6.07) is 18.4. The van der Waals surface area contributed by atoms with E-state index in [1.54, 1.807) is 18.9 Å². The van der Waals surface area contributed by atoms with Crippen LogP contribution in [-0.2, 0) is 26.7 Å². The van der Waals surface area contributed by atoms with Crippen molar-refractivity contribution in [3.63, 3.8) is 0 Å². The summed E-state index contributed by atoms with van der Waals surface area (Å²) in [6.45, 7) is 5.71. The van der Waals surface area contributed by atoms with Gasteiger partial charge in [-0.15, -0.1) is 0 Å². The molecule has 1 amide bonds. The van der Waals surface area contributed by atoms with Gasteiger partial charge in [0.1, 0.15) is 0 Å². The van der Waals surface area contributed by atoms with Crippen LogP contribution < -0.4 is 14.4 Å². The molecule has 0 saturated carbocycles. The van der Waals surface area contributed by atoms with Gasteiger partial charge in [-0.2, -0.15) is 0 Å². The van der Waals surface area contributed by atoms with Crippen LogP contribution in [0.25, 0.3) is 0 Å². The molecular weight excluding hydrogens is 598 g/mol.